The number of nitrogens with one attached hydrogen (secondary N) is 2. The molecule has 1 amide bonds. The Bertz CT molecular complexity index is 1050. The molecule has 1 atom stereocenters. The molecular formula is C21H26N2O5S. The van der Waals surface area contributed by atoms with Gasteiger partial charge in [0.15, 0.2) is 0 Å². The second-order valence-electron chi connectivity index (χ2n) is 7.85. The van der Waals surface area contributed by atoms with Crippen molar-refractivity contribution in [3.8, 4) is 11.5 Å². The Balaban J connectivity index is 1.91. The van der Waals surface area contributed by atoms with Crippen LogP contribution in [0.1, 0.15) is 47.8 Å². The van der Waals surface area contributed by atoms with Crippen molar-refractivity contribution >= 4 is 21.6 Å². The van der Waals surface area contributed by atoms with E-state index < -0.39 is 15.6 Å². The summed E-state index contributed by atoms with van der Waals surface area (Å²) in [6.07, 6.45) is 1.67. The Morgan fingerprint density at radius 1 is 1.24 bits per heavy atom. The van der Waals surface area contributed by atoms with Crippen LogP contribution < -0.4 is 19.5 Å². The molecule has 0 aliphatic carbocycles. The Morgan fingerprint density at radius 2 is 1.97 bits per heavy atom. The molecule has 8 heteroatoms. The number of rotatable bonds is 5. The first-order valence-corrected chi connectivity index (χ1v) is 11.1. The molecule has 1 aliphatic heterocycles. The molecule has 1 aliphatic rings. The highest BCUT2D eigenvalue weighted by atomic mass is 32.2. The van der Waals surface area contributed by atoms with Crippen molar-refractivity contribution in [1.82, 2.24) is 5.32 Å². The lowest BCUT2D eigenvalue weighted by Crippen LogP contribution is -2.41. The summed E-state index contributed by atoms with van der Waals surface area (Å²) in [7, 11) is -1.85. The lowest BCUT2D eigenvalue weighted by atomic mass is 9.89. The van der Waals surface area contributed by atoms with Gasteiger partial charge in [0.2, 0.25) is 10.0 Å². The van der Waals surface area contributed by atoms with E-state index in [1.807, 2.05) is 32.0 Å². The molecule has 0 fully saturated rings. The Labute approximate surface area is 171 Å². The van der Waals surface area contributed by atoms with Crippen LogP contribution in [-0.4, -0.2) is 33.3 Å². The van der Waals surface area contributed by atoms with Gasteiger partial charge in [-0.3, -0.25) is 9.52 Å². The first-order chi connectivity index (χ1) is 13.5. The van der Waals surface area contributed by atoms with Gasteiger partial charge in [0.1, 0.15) is 17.1 Å². The second kappa shape index (κ2) is 7.59. The summed E-state index contributed by atoms with van der Waals surface area (Å²) >= 11 is 0. The zero-order chi connectivity index (χ0) is 21.4. The van der Waals surface area contributed by atoms with Crippen molar-refractivity contribution in [2.24, 2.45) is 0 Å². The minimum absolute atomic E-state index is 0.252. The number of amides is 1. The van der Waals surface area contributed by atoms with Crippen molar-refractivity contribution in [2.75, 3.05) is 18.1 Å². The van der Waals surface area contributed by atoms with Crippen molar-refractivity contribution in [3.63, 3.8) is 0 Å². The Hall–Kier alpha value is -2.74. The number of anilines is 1. The number of benzene rings is 2. The van der Waals surface area contributed by atoms with Crippen molar-refractivity contribution < 1.29 is 22.7 Å². The van der Waals surface area contributed by atoms with E-state index in [0.717, 1.165) is 11.8 Å². The second-order valence-corrected chi connectivity index (χ2v) is 9.60. The third-order valence-corrected chi connectivity index (χ3v) is 5.45. The van der Waals surface area contributed by atoms with Crippen LogP contribution in [0.5, 0.6) is 11.5 Å². The number of carbonyl (C=O) groups excluding carboxylic acids is 1. The van der Waals surface area contributed by atoms with E-state index in [2.05, 4.69) is 10.0 Å². The summed E-state index contributed by atoms with van der Waals surface area (Å²) in [4.78, 5) is 13.0. The van der Waals surface area contributed by atoms with E-state index in [-0.39, 0.29) is 11.9 Å². The van der Waals surface area contributed by atoms with E-state index in [4.69, 9.17) is 9.47 Å². The largest absolute Gasteiger partial charge is 0.497 e. The molecule has 0 bridgehead atoms. The molecule has 2 N–H and O–H groups in total. The fourth-order valence-electron chi connectivity index (χ4n) is 3.52. The first-order valence-electron chi connectivity index (χ1n) is 9.24. The van der Waals surface area contributed by atoms with Gasteiger partial charge in [0.25, 0.3) is 5.91 Å². The average Bonchev–Trinajstić information content (AvgIpc) is 2.60. The predicted octanol–water partition coefficient (Wildman–Crippen LogP) is 3.41. The summed E-state index contributed by atoms with van der Waals surface area (Å²) in [5, 5.41) is 3.08. The van der Waals surface area contributed by atoms with Gasteiger partial charge >= 0.3 is 0 Å². The molecule has 7 nitrogen and oxygen atoms in total. The van der Waals surface area contributed by atoms with Crippen LogP contribution >= 0.6 is 0 Å². The number of hydrogen-bond donors (Lipinski definition) is 2. The zero-order valence-corrected chi connectivity index (χ0v) is 18.0. The highest BCUT2D eigenvalue weighted by molar-refractivity contribution is 7.92. The molecule has 0 saturated heterocycles. The Morgan fingerprint density at radius 3 is 2.62 bits per heavy atom. The van der Waals surface area contributed by atoms with E-state index in [1.54, 1.807) is 32.2 Å². The molecule has 0 radical (unpaired) electrons. The van der Waals surface area contributed by atoms with E-state index in [0.29, 0.717) is 34.7 Å². The summed E-state index contributed by atoms with van der Waals surface area (Å²) < 4.78 is 36.9. The molecule has 156 valence electrons. The highest BCUT2D eigenvalue weighted by Crippen LogP contribution is 2.41. The predicted molar refractivity (Wildman–Crippen MR) is 112 cm³/mol. The van der Waals surface area contributed by atoms with Crippen molar-refractivity contribution in [2.45, 2.75) is 38.8 Å². The van der Waals surface area contributed by atoms with Crippen LogP contribution in [0.4, 0.5) is 5.69 Å². The summed E-state index contributed by atoms with van der Waals surface area (Å²) in [6, 6.07) is 10.3. The van der Waals surface area contributed by atoms with E-state index in [1.165, 1.54) is 0 Å². The molecule has 2 aromatic rings. The maximum Gasteiger partial charge on any atom is 0.252 e. The van der Waals surface area contributed by atoms with Crippen LogP contribution in [0.2, 0.25) is 0 Å². The third-order valence-electron chi connectivity index (χ3n) is 4.86. The smallest absolute Gasteiger partial charge is 0.252 e. The minimum Gasteiger partial charge on any atom is -0.497 e. The van der Waals surface area contributed by atoms with Gasteiger partial charge in [0, 0.05) is 23.6 Å². The average molecular weight is 419 g/mol. The number of sulfonamides is 1. The van der Waals surface area contributed by atoms with E-state index >= 15 is 0 Å². The number of ether oxygens (including phenoxy) is 2. The van der Waals surface area contributed by atoms with Crippen LogP contribution in [0, 0.1) is 6.92 Å². The highest BCUT2D eigenvalue weighted by Gasteiger charge is 2.35. The maximum atomic E-state index is 13.0. The number of hydrogen-bond acceptors (Lipinski definition) is 5. The molecule has 1 heterocycles. The third kappa shape index (κ3) is 4.82. The molecule has 0 saturated carbocycles. The van der Waals surface area contributed by atoms with Gasteiger partial charge in [0.05, 0.1) is 25.1 Å². The van der Waals surface area contributed by atoms with Crippen molar-refractivity contribution in [3.05, 3.63) is 53.1 Å². The van der Waals surface area contributed by atoms with Gasteiger partial charge in [-0.25, -0.2) is 8.42 Å². The molecule has 0 spiro atoms. The van der Waals surface area contributed by atoms with Crippen LogP contribution in [0.25, 0.3) is 0 Å². The normalized spacial score (nSPS) is 17.6. The fourth-order valence-corrected chi connectivity index (χ4v) is 4.14. The molecule has 29 heavy (non-hydrogen) atoms. The molecule has 0 unspecified atom stereocenters. The number of carbonyl (C=O) groups is 1. The van der Waals surface area contributed by atoms with Gasteiger partial charge in [-0.05, 0) is 50.6 Å². The topological polar surface area (TPSA) is 93.7 Å². The van der Waals surface area contributed by atoms with Crippen LogP contribution in [0.15, 0.2) is 36.4 Å². The van der Waals surface area contributed by atoms with Crippen molar-refractivity contribution in [1.29, 1.82) is 0 Å². The number of methoxy groups -OCH3 is 1. The molecular weight excluding hydrogens is 392 g/mol. The Kier molecular flexibility index (Phi) is 5.49. The van der Waals surface area contributed by atoms with Crippen LogP contribution in [0.3, 0.4) is 0 Å². The van der Waals surface area contributed by atoms with Gasteiger partial charge in [-0.15, -0.1) is 0 Å². The lowest BCUT2D eigenvalue weighted by Gasteiger charge is -2.38. The monoisotopic (exact) mass is 418 g/mol. The van der Waals surface area contributed by atoms with Gasteiger partial charge in [-0.1, -0.05) is 6.07 Å². The fraction of sp³-hybridized carbons (Fsp3) is 0.381. The maximum absolute atomic E-state index is 13.0. The SMILES string of the molecule is COc1ccc2c(c1)OC(C)(C)C[C@H]2NC(=O)c1cccc(NS(C)(=O)=O)c1C. The lowest BCUT2D eigenvalue weighted by molar-refractivity contribution is 0.0617. The minimum atomic E-state index is -3.44. The number of fused-ring (bicyclic) bond motifs is 1. The molecule has 0 aromatic heterocycles. The zero-order valence-electron chi connectivity index (χ0n) is 17.2. The molecule has 2 aromatic carbocycles. The van der Waals surface area contributed by atoms with Crippen LogP contribution in [-0.2, 0) is 10.0 Å². The standard InChI is InChI=1S/C21H26N2O5S/c1-13-15(7-6-8-17(13)23-29(5,25)26)20(24)22-18-12-21(2,3)28-19-11-14(27-4)9-10-16(18)19/h6-11,18,23H,12H2,1-5H3,(H,22,24)/t18-/m1/s1. The summed E-state index contributed by atoms with van der Waals surface area (Å²) in [6.45, 7) is 5.65. The first kappa shape index (κ1) is 21.0. The van der Waals surface area contributed by atoms with Gasteiger partial charge < -0.3 is 14.8 Å². The summed E-state index contributed by atoms with van der Waals surface area (Å²) in [5.41, 5.74) is 1.78. The van der Waals surface area contributed by atoms with Gasteiger partial charge in [-0.2, -0.15) is 0 Å². The quantitative estimate of drug-likeness (QED) is 0.776. The summed E-state index contributed by atoms with van der Waals surface area (Å²) in [5.74, 6) is 1.08. The van der Waals surface area contributed by atoms with E-state index in [9.17, 15) is 13.2 Å². The molecule has 3 rings (SSSR count).